The van der Waals surface area contributed by atoms with E-state index in [1.54, 1.807) is 37.9 Å². The van der Waals surface area contributed by atoms with Gasteiger partial charge in [-0.05, 0) is 61.4 Å². The number of likely N-dealkylation sites (N-methyl/N-ethyl adjacent to an activating group) is 1. The van der Waals surface area contributed by atoms with E-state index in [9.17, 15) is 13.2 Å². The van der Waals surface area contributed by atoms with E-state index in [-0.39, 0.29) is 10.8 Å². The predicted octanol–water partition coefficient (Wildman–Crippen LogP) is 3.48. The smallest absolute Gasteiger partial charge is 0.253 e. The molecule has 0 aromatic heterocycles. The molecule has 0 aliphatic carbocycles. The summed E-state index contributed by atoms with van der Waals surface area (Å²) in [5.74, 6) is 0.607. The second-order valence-corrected chi connectivity index (χ2v) is 8.95. The van der Waals surface area contributed by atoms with Gasteiger partial charge in [-0.25, -0.2) is 8.42 Å². The number of benzene rings is 2. The van der Waals surface area contributed by atoms with Gasteiger partial charge in [0.2, 0.25) is 10.0 Å². The van der Waals surface area contributed by atoms with Gasteiger partial charge >= 0.3 is 0 Å². The van der Waals surface area contributed by atoms with Gasteiger partial charge in [-0.1, -0.05) is 19.9 Å². The van der Waals surface area contributed by atoms with E-state index in [4.69, 9.17) is 4.74 Å². The average Bonchev–Trinajstić information content (AvgIpc) is 2.67. The molecule has 2 aromatic rings. The molecule has 1 amide bonds. The van der Waals surface area contributed by atoms with Gasteiger partial charge in [0.1, 0.15) is 12.4 Å². The Bertz CT molecular complexity index is 916. The van der Waals surface area contributed by atoms with Gasteiger partial charge in [0.15, 0.2) is 0 Å². The molecule has 2 rings (SSSR count). The van der Waals surface area contributed by atoms with Crippen LogP contribution in [0.15, 0.2) is 47.4 Å². The van der Waals surface area contributed by atoms with Gasteiger partial charge in [-0.15, -0.1) is 0 Å². The van der Waals surface area contributed by atoms with Crippen molar-refractivity contribution in [2.75, 3.05) is 33.3 Å². The van der Waals surface area contributed by atoms with Crippen LogP contribution >= 0.6 is 0 Å². The van der Waals surface area contributed by atoms with Crippen LogP contribution in [0.4, 0.5) is 0 Å². The second-order valence-electron chi connectivity index (χ2n) is 7.01. The summed E-state index contributed by atoms with van der Waals surface area (Å²) in [6, 6.07) is 12.1. The van der Waals surface area contributed by atoms with Crippen molar-refractivity contribution < 1.29 is 17.9 Å². The summed E-state index contributed by atoms with van der Waals surface area (Å²) in [5, 5.41) is 0. The highest BCUT2D eigenvalue weighted by atomic mass is 32.2. The molecule has 0 saturated carbocycles. The quantitative estimate of drug-likeness (QED) is 0.625. The lowest BCUT2D eigenvalue weighted by Crippen LogP contribution is -2.31. The first kappa shape index (κ1) is 22.9. The van der Waals surface area contributed by atoms with Gasteiger partial charge < -0.3 is 9.64 Å². The monoisotopic (exact) mass is 418 g/mol. The topological polar surface area (TPSA) is 66.9 Å². The van der Waals surface area contributed by atoms with Gasteiger partial charge in [0.05, 0.1) is 11.4 Å². The van der Waals surface area contributed by atoms with Crippen molar-refractivity contribution in [3.8, 4) is 5.75 Å². The van der Waals surface area contributed by atoms with Crippen molar-refractivity contribution in [2.24, 2.45) is 0 Å². The summed E-state index contributed by atoms with van der Waals surface area (Å²) in [6.45, 7) is 9.23. The van der Waals surface area contributed by atoms with Crippen LogP contribution in [-0.2, 0) is 10.0 Å². The van der Waals surface area contributed by atoms with Crippen molar-refractivity contribution in [3.05, 3.63) is 59.2 Å². The van der Waals surface area contributed by atoms with Crippen LogP contribution in [0, 0.1) is 13.8 Å². The minimum atomic E-state index is -3.53. The molecule has 0 atom stereocenters. The Morgan fingerprint density at radius 1 is 0.966 bits per heavy atom. The van der Waals surface area contributed by atoms with Crippen molar-refractivity contribution in [1.82, 2.24) is 9.21 Å². The zero-order valence-electron chi connectivity index (χ0n) is 17.8. The Hall–Kier alpha value is -2.38. The third-order valence-electron chi connectivity index (χ3n) is 4.68. The van der Waals surface area contributed by atoms with Crippen molar-refractivity contribution in [1.29, 1.82) is 0 Å². The minimum absolute atomic E-state index is 0.180. The maximum Gasteiger partial charge on any atom is 0.253 e. The fourth-order valence-corrected chi connectivity index (χ4v) is 4.58. The lowest BCUT2D eigenvalue weighted by molar-refractivity contribution is 0.0773. The standard InChI is InChI=1S/C22H30N2O4S/c1-6-24(7-2)29(26,27)21-10-8-19(9-11-21)22(25)23(5)12-13-28-20-15-17(3)14-18(4)16-20/h8-11,14-16H,6-7,12-13H2,1-5H3. The van der Waals surface area contributed by atoms with Crippen molar-refractivity contribution in [3.63, 3.8) is 0 Å². The third kappa shape index (κ3) is 5.81. The van der Waals surface area contributed by atoms with Crippen molar-refractivity contribution >= 4 is 15.9 Å². The second kappa shape index (κ2) is 9.89. The number of amides is 1. The van der Waals surface area contributed by atoms with Gasteiger partial charge in [-0.2, -0.15) is 4.31 Å². The Morgan fingerprint density at radius 2 is 1.52 bits per heavy atom. The molecule has 0 fully saturated rings. The number of hydrogen-bond acceptors (Lipinski definition) is 4. The van der Waals surface area contributed by atoms with E-state index in [1.165, 1.54) is 16.4 Å². The first-order valence-corrected chi connectivity index (χ1v) is 11.2. The molecular formula is C22H30N2O4S. The normalized spacial score (nSPS) is 11.5. The molecule has 0 heterocycles. The van der Waals surface area contributed by atoms with E-state index >= 15 is 0 Å². The fraction of sp³-hybridized carbons (Fsp3) is 0.409. The first-order valence-electron chi connectivity index (χ1n) is 9.75. The summed E-state index contributed by atoms with van der Waals surface area (Å²) in [6.07, 6.45) is 0. The molecule has 29 heavy (non-hydrogen) atoms. The lowest BCUT2D eigenvalue weighted by atomic mass is 10.1. The molecule has 0 spiro atoms. The van der Waals surface area contributed by atoms with Crippen LogP contribution in [-0.4, -0.2) is 56.8 Å². The molecule has 2 aromatic carbocycles. The maximum absolute atomic E-state index is 12.6. The zero-order valence-corrected chi connectivity index (χ0v) is 18.6. The molecule has 7 heteroatoms. The Morgan fingerprint density at radius 3 is 2.03 bits per heavy atom. The zero-order chi connectivity index (χ0) is 21.6. The van der Waals surface area contributed by atoms with Gasteiger partial charge in [-0.3, -0.25) is 4.79 Å². The Labute approximate surface area is 174 Å². The largest absolute Gasteiger partial charge is 0.492 e. The Balaban J connectivity index is 1.99. The summed E-state index contributed by atoms with van der Waals surface area (Å²) in [4.78, 5) is 14.4. The highest BCUT2D eigenvalue weighted by molar-refractivity contribution is 7.89. The van der Waals surface area contributed by atoms with Crippen LogP contribution in [0.1, 0.15) is 35.3 Å². The number of hydrogen-bond donors (Lipinski definition) is 0. The fourth-order valence-electron chi connectivity index (χ4n) is 3.12. The molecule has 0 bridgehead atoms. The predicted molar refractivity (Wildman–Crippen MR) is 115 cm³/mol. The highest BCUT2D eigenvalue weighted by Gasteiger charge is 2.22. The number of aryl methyl sites for hydroxylation is 2. The lowest BCUT2D eigenvalue weighted by Gasteiger charge is -2.20. The molecule has 158 valence electrons. The van der Waals surface area contributed by atoms with E-state index in [1.807, 2.05) is 26.0 Å². The number of carbonyl (C=O) groups excluding carboxylic acids is 1. The highest BCUT2D eigenvalue weighted by Crippen LogP contribution is 2.18. The molecule has 0 radical (unpaired) electrons. The van der Waals surface area contributed by atoms with Gasteiger partial charge in [0, 0.05) is 25.7 Å². The summed E-state index contributed by atoms with van der Waals surface area (Å²) in [7, 11) is -1.83. The molecule has 0 N–H and O–H groups in total. The van der Waals surface area contributed by atoms with Crippen LogP contribution < -0.4 is 4.74 Å². The van der Waals surface area contributed by atoms with Crippen LogP contribution in [0.25, 0.3) is 0 Å². The molecule has 0 unspecified atom stereocenters. The SMILES string of the molecule is CCN(CC)S(=O)(=O)c1ccc(C(=O)N(C)CCOc2cc(C)cc(C)c2)cc1. The molecule has 6 nitrogen and oxygen atoms in total. The van der Waals surface area contributed by atoms with Crippen LogP contribution in [0.2, 0.25) is 0 Å². The maximum atomic E-state index is 12.6. The van der Waals surface area contributed by atoms with E-state index in [0.29, 0.717) is 31.8 Å². The average molecular weight is 419 g/mol. The molecular weight excluding hydrogens is 388 g/mol. The molecule has 0 aliphatic heterocycles. The minimum Gasteiger partial charge on any atom is -0.492 e. The van der Waals surface area contributed by atoms with Crippen molar-refractivity contribution in [2.45, 2.75) is 32.6 Å². The van der Waals surface area contributed by atoms with E-state index in [2.05, 4.69) is 6.07 Å². The number of carbonyl (C=O) groups is 1. The summed E-state index contributed by atoms with van der Waals surface area (Å²) < 4.78 is 32.2. The van der Waals surface area contributed by atoms with Crippen LogP contribution in [0.3, 0.4) is 0 Å². The third-order valence-corrected chi connectivity index (χ3v) is 6.75. The summed E-state index contributed by atoms with van der Waals surface area (Å²) in [5.41, 5.74) is 2.70. The van der Waals surface area contributed by atoms with Gasteiger partial charge in [0.25, 0.3) is 5.91 Å². The van der Waals surface area contributed by atoms with E-state index < -0.39 is 10.0 Å². The van der Waals surface area contributed by atoms with E-state index in [0.717, 1.165) is 16.9 Å². The first-order chi connectivity index (χ1) is 13.7. The number of nitrogens with zero attached hydrogens (tertiary/aromatic N) is 2. The molecule has 0 aliphatic rings. The number of ether oxygens (including phenoxy) is 1. The Kier molecular flexibility index (Phi) is 7.81. The summed E-state index contributed by atoms with van der Waals surface area (Å²) >= 11 is 0. The number of sulfonamides is 1. The number of rotatable bonds is 9. The molecule has 0 saturated heterocycles. The van der Waals surface area contributed by atoms with Crippen LogP contribution in [0.5, 0.6) is 5.75 Å².